The first-order valence-electron chi connectivity index (χ1n) is 4.81. The van der Waals surface area contributed by atoms with Gasteiger partial charge in [-0.3, -0.25) is 0 Å². The summed E-state index contributed by atoms with van der Waals surface area (Å²) in [6.45, 7) is 2.22. The van der Waals surface area contributed by atoms with Crippen LogP contribution in [0.15, 0.2) is 16.9 Å². The molecule has 2 heterocycles. The van der Waals surface area contributed by atoms with Crippen LogP contribution in [0.2, 0.25) is 0 Å². The van der Waals surface area contributed by atoms with E-state index in [1.54, 1.807) is 20.0 Å². The number of hydrogen-bond acceptors (Lipinski definition) is 7. The van der Waals surface area contributed by atoms with Crippen molar-refractivity contribution in [3.05, 3.63) is 24.1 Å². The zero-order valence-electron chi connectivity index (χ0n) is 9.06. The van der Waals surface area contributed by atoms with Gasteiger partial charge in [-0.05, 0) is 6.92 Å². The molecular weight excluding hydrogens is 208 g/mol. The van der Waals surface area contributed by atoms with Crippen molar-refractivity contribution in [1.82, 2.24) is 20.1 Å². The highest BCUT2D eigenvalue weighted by Gasteiger charge is 2.03. The average Bonchev–Trinajstić information content (AvgIpc) is 2.73. The van der Waals surface area contributed by atoms with Gasteiger partial charge in [0.15, 0.2) is 5.82 Å². The van der Waals surface area contributed by atoms with Gasteiger partial charge in [0.2, 0.25) is 5.89 Å². The van der Waals surface area contributed by atoms with Gasteiger partial charge < -0.3 is 15.2 Å². The molecular formula is C9H12N6O. The molecule has 2 aromatic rings. The summed E-state index contributed by atoms with van der Waals surface area (Å²) in [7, 11) is 1.80. The van der Waals surface area contributed by atoms with Crippen molar-refractivity contribution in [2.24, 2.45) is 0 Å². The summed E-state index contributed by atoms with van der Waals surface area (Å²) in [5.41, 5.74) is 0. The van der Waals surface area contributed by atoms with E-state index in [9.17, 15) is 0 Å². The minimum Gasteiger partial charge on any atom is -0.373 e. The van der Waals surface area contributed by atoms with Crippen LogP contribution in [0, 0.1) is 6.92 Å². The van der Waals surface area contributed by atoms with Crippen LogP contribution >= 0.6 is 0 Å². The van der Waals surface area contributed by atoms with Gasteiger partial charge in [0.05, 0.1) is 6.54 Å². The highest BCUT2D eigenvalue weighted by atomic mass is 16.5. The minimum absolute atomic E-state index is 0.445. The molecule has 0 aliphatic carbocycles. The van der Waals surface area contributed by atoms with Crippen molar-refractivity contribution in [3.8, 4) is 0 Å². The smallest absolute Gasteiger partial charge is 0.245 e. The average molecular weight is 220 g/mol. The highest BCUT2D eigenvalue weighted by Crippen LogP contribution is 2.08. The van der Waals surface area contributed by atoms with Gasteiger partial charge in [-0.1, -0.05) is 5.16 Å². The van der Waals surface area contributed by atoms with Gasteiger partial charge in [0.1, 0.15) is 18.0 Å². The number of nitrogens with one attached hydrogen (secondary N) is 2. The van der Waals surface area contributed by atoms with Crippen molar-refractivity contribution in [1.29, 1.82) is 0 Å². The van der Waals surface area contributed by atoms with E-state index in [-0.39, 0.29) is 0 Å². The van der Waals surface area contributed by atoms with E-state index >= 15 is 0 Å². The van der Waals surface area contributed by atoms with Gasteiger partial charge >= 0.3 is 0 Å². The van der Waals surface area contributed by atoms with E-state index < -0.39 is 0 Å². The molecule has 84 valence electrons. The Morgan fingerprint density at radius 2 is 2.12 bits per heavy atom. The number of rotatable bonds is 4. The van der Waals surface area contributed by atoms with Crippen LogP contribution in [0.1, 0.15) is 11.7 Å². The summed E-state index contributed by atoms with van der Waals surface area (Å²) >= 11 is 0. The Bertz CT molecular complexity index is 469. The summed E-state index contributed by atoms with van der Waals surface area (Å²) in [5, 5.41) is 9.68. The Balaban J connectivity index is 1.99. The van der Waals surface area contributed by atoms with E-state index in [2.05, 4.69) is 30.7 Å². The Kier molecular flexibility index (Phi) is 2.95. The predicted octanol–water partition coefficient (Wildman–Crippen LogP) is 0.822. The lowest BCUT2D eigenvalue weighted by atomic mass is 10.5. The van der Waals surface area contributed by atoms with E-state index in [0.717, 1.165) is 5.82 Å². The molecule has 0 spiro atoms. The summed E-state index contributed by atoms with van der Waals surface area (Å²) < 4.78 is 4.96. The maximum Gasteiger partial charge on any atom is 0.245 e. The molecule has 7 nitrogen and oxygen atoms in total. The topological polar surface area (TPSA) is 88.8 Å². The molecule has 0 saturated carbocycles. The summed E-state index contributed by atoms with van der Waals surface area (Å²) in [5.74, 6) is 2.60. The van der Waals surface area contributed by atoms with Gasteiger partial charge in [-0.25, -0.2) is 9.97 Å². The van der Waals surface area contributed by atoms with E-state index in [1.807, 2.05) is 0 Å². The first-order valence-corrected chi connectivity index (χ1v) is 4.81. The molecule has 0 atom stereocenters. The van der Waals surface area contributed by atoms with Crippen LogP contribution < -0.4 is 10.6 Å². The normalized spacial score (nSPS) is 10.1. The lowest BCUT2D eigenvalue weighted by Crippen LogP contribution is -2.03. The SMILES string of the molecule is CNc1cc(NCc2nc(C)no2)ncn1. The number of anilines is 2. The molecule has 7 heteroatoms. The minimum atomic E-state index is 0.445. The second-order valence-electron chi connectivity index (χ2n) is 3.13. The largest absolute Gasteiger partial charge is 0.373 e. The van der Waals surface area contributed by atoms with E-state index in [0.29, 0.717) is 24.1 Å². The molecule has 0 fully saturated rings. The fourth-order valence-electron chi connectivity index (χ4n) is 1.17. The monoisotopic (exact) mass is 220 g/mol. The molecule has 16 heavy (non-hydrogen) atoms. The van der Waals surface area contributed by atoms with Crippen molar-refractivity contribution in [2.45, 2.75) is 13.5 Å². The number of aryl methyl sites for hydroxylation is 1. The standard InChI is InChI=1S/C9H12N6O/c1-6-14-9(16-15-6)4-11-8-3-7(10-2)12-5-13-8/h3,5H,4H2,1-2H3,(H2,10,11,12,13). The van der Waals surface area contributed by atoms with Crippen molar-refractivity contribution in [3.63, 3.8) is 0 Å². The Labute approximate surface area is 92.3 Å². The number of nitrogens with zero attached hydrogens (tertiary/aromatic N) is 4. The zero-order valence-corrected chi connectivity index (χ0v) is 9.06. The van der Waals surface area contributed by atoms with Crippen LogP contribution in [-0.4, -0.2) is 27.2 Å². The third-order valence-electron chi connectivity index (χ3n) is 1.91. The number of hydrogen-bond donors (Lipinski definition) is 2. The van der Waals surface area contributed by atoms with Crippen molar-refractivity contribution >= 4 is 11.6 Å². The lowest BCUT2D eigenvalue weighted by molar-refractivity contribution is 0.379. The van der Waals surface area contributed by atoms with E-state index in [1.165, 1.54) is 6.33 Å². The van der Waals surface area contributed by atoms with E-state index in [4.69, 9.17) is 4.52 Å². The third-order valence-corrected chi connectivity index (χ3v) is 1.91. The first-order chi connectivity index (χ1) is 7.78. The van der Waals surface area contributed by atoms with Gasteiger partial charge in [-0.15, -0.1) is 0 Å². The summed E-state index contributed by atoms with van der Waals surface area (Å²) in [6.07, 6.45) is 1.48. The fraction of sp³-hybridized carbons (Fsp3) is 0.333. The quantitative estimate of drug-likeness (QED) is 0.788. The molecule has 2 rings (SSSR count). The van der Waals surface area contributed by atoms with Crippen LogP contribution in [0.5, 0.6) is 0 Å². The Morgan fingerprint density at radius 1 is 1.31 bits per heavy atom. The fourth-order valence-corrected chi connectivity index (χ4v) is 1.17. The second kappa shape index (κ2) is 4.56. The van der Waals surface area contributed by atoms with Crippen LogP contribution in [-0.2, 0) is 6.54 Å². The van der Waals surface area contributed by atoms with Gasteiger partial charge in [0.25, 0.3) is 0 Å². The molecule has 0 amide bonds. The number of aromatic nitrogens is 4. The van der Waals surface area contributed by atoms with Gasteiger partial charge in [0, 0.05) is 13.1 Å². The van der Waals surface area contributed by atoms with Crippen molar-refractivity contribution in [2.75, 3.05) is 17.7 Å². The lowest BCUT2D eigenvalue weighted by Gasteiger charge is -2.03. The van der Waals surface area contributed by atoms with Crippen LogP contribution in [0.3, 0.4) is 0 Å². The third kappa shape index (κ3) is 2.44. The highest BCUT2D eigenvalue weighted by molar-refractivity contribution is 5.45. The Morgan fingerprint density at radius 3 is 2.81 bits per heavy atom. The maximum absolute atomic E-state index is 4.96. The van der Waals surface area contributed by atoms with Gasteiger partial charge in [-0.2, -0.15) is 4.98 Å². The van der Waals surface area contributed by atoms with Crippen LogP contribution in [0.4, 0.5) is 11.6 Å². The van der Waals surface area contributed by atoms with Crippen LogP contribution in [0.25, 0.3) is 0 Å². The summed E-state index contributed by atoms with van der Waals surface area (Å²) in [4.78, 5) is 12.1. The molecule has 0 unspecified atom stereocenters. The molecule has 0 saturated heterocycles. The second-order valence-corrected chi connectivity index (χ2v) is 3.13. The molecule has 0 aromatic carbocycles. The summed E-state index contributed by atoms with van der Waals surface area (Å²) in [6, 6.07) is 1.79. The predicted molar refractivity (Wildman–Crippen MR) is 57.9 cm³/mol. The maximum atomic E-state index is 4.96. The molecule has 0 bridgehead atoms. The first kappa shape index (κ1) is 10.3. The molecule has 2 aromatic heterocycles. The molecule has 2 N–H and O–H groups in total. The molecule has 0 radical (unpaired) electrons. The van der Waals surface area contributed by atoms with Crippen molar-refractivity contribution < 1.29 is 4.52 Å². The Hall–Kier alpha value is -2.18. The zero-order chi connectivity index (χ0) is 11.4. The molecule has 0 aliphatic rings. The molecule has 0 aliphatic heterocycles.